The lowest BCUT2D eigenvalue weighted by Gasteiger charge is -2.28. The molecule has 1 heterocycles. The number of benzene rings is 2. The topological polar surface area (TPSA) is 120 Å². The zero-order chi connectivity index (χ0) is 30.3. The van der Waals surface area contributed by atoms with Gasteiger partial charge >= 0.3 is 6.03 Å². The fraction of sp³-hybridized carbons (Fsp3) is 0.545. The van der Waals surface area contributed by atoms with Gasteiger partial charge in [0.15, 0.2) is 0 Å². The fourth-order valence-corrected chi connectivity index (χ4v) is 4.98. The molecule has 2 aromatic rings. The van der Waals surface area contributed by atoms with Crippen molar-refractivity contribution in [2.24, 2.45) is 5.92 Å². The van der Waals surface area contributed by atoms with Crippen LogP contribution in [0.4, 0.5) is 4.79 Å². The van der Waals surface area contributed by atoms with Gasteiger partial charge in [-0.2, -0.15) is 0 Å². The first-order valence-corrected chi connectivity index (χ1v) is 15.3. The first-order valence-electron chi connectivity index (χ1n) is 15.3. The van der Waals surface area contributed by atoms with Gasteiger partial charge in [0.05, 0.1) is 12.6 Å². The molecule has 3 atom stereocenters. The predicted molar refractivity (Wildman–Crippen MR) is 164 cm³/mol. The number of hydrogen-bond donors (Lipinski definition) is 4. The van der Waals surface area contributed by atoms with Crippen molar-refractivity contribution in [3.05, 3.63) is 65.7 Å². The highest BCUT2D eigenvalue weighted by molar-refractivity contribution is 5.92. The Kier molecular flexibility index (Phi) is 13.6. The normalized spacial score (nSPS) is 15.7. The van der Waals surface area contributed by atoms with Gasteiger partial charge in [-0.15, -0.1) is 0 Å². The molecule has 0 radical (unpaired) electrons. The molecule has 3 rings (SSSR count). The SMILES string of the molecule is CCC(CO)NC(=O)[C@H](Cc1ccc(OCc2ccccc2)cc1)NC(=O)[C@H](CC(C)C)NC(=O)N1CCCCCC1. The monoisotopic (exact) mass is 580 g/mol. The first-order chi connectivity index (χ1) is 20.3. The molecule has 42 heavy (non-hydrogen) atoms. The first kappa shape index (κ1) is 32.9. The lowest BCUT2D eigenvalue weighted by Crippen LogP contribution is -2.57. The number of rotatable bonds is 14. The minimum Gasteiger partial charge on any atom is -0.489 e. The smallest absolute Gasteiger partial charge is 0.318 e. The summed E-state index contributed by atoms with van der Waals surface area (Å²) in [5.41, 5.74) is 1.91. The van der Waals surface area contributed by atoms with Gasteiger partial charge in [0.25, 0.3) is 0 Å². The molecule has 4 N–H and O–H groups in total. The van der Waals surface area contributed by atoms with Crippen LogP contribution in [-0.2, 0) is 22.6 Å². The minimum absolute atomic E-state index is 0.153. The van der Waals surface area contributed by atoms with Crippen molar-refractivity contribution in [1.82, 2.24) is 20.9 Å². The molecule has 9 nitrogen and oxygen atoms in total. The zero-order valence-corrected chi connectivity index (χ0v) is 25.3. The largest absolute Gasteiger partial charge is 0.489 e. The summed E-state index contributed by atoms with van der Waals surface area (Å²) in [5, 5.41) is 18.3. The molecule has 0 aliphatic carbocycles. The number of aliphatic hydroxyl groups excluding tert-OH is 1. The predicted octanol–water partition coefficient (Wildman–Crippen LogP) is 4.18. The molecule has 1 aliphatic rings. The van der Waals surface area contributed by atoms with E-state index in [0.717, 1.165) is 36.8 Å². The summed E-state index contributed by atoms with van der Waals surface area (Å²) in [5.74, 6) is 0.0784. The van der Waals surface area contributed by atoms with Gasteiger partial charge in [-0.1, -0.05) is 76.1 Å². The Hall–Kier alpha value is -3.59. The lowest BCUT2D eigenvalue weighted by atomic mass is 10.0. The number of hydrogen-bond acceptors (Lipinski definition) is 5. The van der Waals surface area contributed by atoms with Crippen LogP contribution in [0.5, 0.6) is 5.75 Å². The van der Waals surface area contributed by atoms with E-state index in [4.69, 9.17) is 4.74 Å². The van der Waals surface area contributed by atoms with Crippen LogP contribution >= 0.6 is 0 Å². The molecule has 1 aliphatic heterocycles. The average Bonchev–Trinajstić information content (AvgIpc) is 3.29. The van der Waals surface area contributed by atoms with Crippen LogP contribution < -0.4 is 20.7 Å². The van der Waals surface area contributed by atoms with Crippen LogP contribution in [0.2, 0.25) is 0 Å². The lowest BCUT2D eigenvalue weighted by molar-refractivity contribution is -0.130. The van der Waals surface area contributed by atoms with Crippen LogP contribution in [0.3, 0.4) is 0 Å². The maximum absolute atomic E-state index is 13.6. The van der Waals surface area contributed by atoms with Gasteiger partial charge in [-0.25, -0.2) is 4.79 Å². The van der Waals surface area contributed by atoms with Crippen molar-refractivity contribution in [3.8, 4) is 5.75 Å². The average molecular weight is 581 g/mol. The molecule has 0 bridgehead atoms. The molecule has 1 unspecified atom stereocenters. The Morgan fingerprint density at radius 1 is 0.833 bits per heavy atom. The molecule has 0 aromatic heterocycles. The maximum Gasteiger partial charge on any atom is 0.318 e. The summed E-state index contributed by atoms with van der Waals surface area (Å²) < 4.78 is 5.89. The number of nitrogens with one attached hydrogen (secondary N) is 3. The molecular formula is C33H48N4O5. The van der Waals surface area contributed by atoms with Crippen molar-refractivity contribution >= 4 is 17.8 Å². The number of likely N-dealkylation sites (tertiary alicyclic amines) is 1. The van der Waals surface area contributed by atoms with E-state index in [1.54, 1.807) is 4.90 Å². The van der Waals surface area contributed by atoms with E-state index >= 15 is 0 Å². The van der Waals surface area contributed by atoms with Gasteiger partial charge in [0.2, 0.25) is 11.8 Å². The number of carbonyl (C=O) groups excluding carboxylic acids is 3. The summed E-state index contributed by atoms with van der Waals surface area (Å²) in [6.07, 6.45) is 5.35. The van der Waals surface area contributed by atoms with Gasteiger partial charge in [0, 0.05) is 19.5 Å². The maximum atomic E-state index is 13.6. The fourth-order valence-electron chi connectivity index (χ4n) is 4.98. The standard InChI is InChI=1S/C33H48N4O5/c1-4-27(22-38)34-31(39)30(21-25-14-16-28(17-15-25)42-23-26-12-8-7-9-13-26)35-32(40)29(20-24(2)3)36-33(41)37-18-10-5-6-11-19-37/h7-9,12-17,24,27,29-30,38H,4-6,10-11,18-23H2,1-3H3,(H,34,39)(H,35,40)(H,36,41)/t27?,29-,30-/m0/s1. The summed E-state index contributed by atoms with van der Waals surface area (Å²) >= 11 is 0. The van der Waals surface area contributed by atoms with Gasteiger partial charge < -0.3 is 30.7 Å². The Morgan fingerprint density at radius 3 is 2.07 bits per heavy atom. The second-order valence-electron chi connectivity index (χ2n) is 11.5. The highest BCUT2D eigenvalue weighted by Gasteiger charge is 2.29. The summed E-state index contributed by atoms with van der Waals surface area (Å²) in [6, 6.07) is 15.0. The molecule has 230 valence electrons. The van der Waals surface area contributed by atoms with E-state index in [9.17, 15) is 19.5 Å². The zero-order valence-electron chi connectivity index (χ0n) is 25.3. The van der Waals surface area contributed by atoms with E-state index in [1.807, 2.05) is 75.4 Å². The van der Waals surface area contributed by atoms with Gasteiger partial charge in [-0.3, -0.25) is 9.59 Å². The molecule has 0 saturated carbocycles. The number of carbonyl (C=O) groups is 3. The quantitative estimate of drug-likeness (QED) is 0.267. The van der Waals surface area contributed by atoms with Crippen molar-refractivity contribution in [2.45, 2.75) is 90.4 Å². The third kappa shape index (κ3) is 11.0. The van der Waals surface area contributed by atoms with Crippen LogP contribution in [-0.4, -0.2) is 65.7 Å². The van der Waals surface area contributed by atoms with Crippen molar-refractivity contribution in [1.29, 1.82) is 0 Å². The Bertz CT molecular complexity index is 1100. The van der Waals surface area contributed by atoms with Crippen molar-refractivity contribution < 1.29 is 24.2 Å². The molecule has 1 saturated heterocycles. The number of nitrogens with zero attached hydrogens (tertiary/aromatic N) is 1. The summed E-state index contributed by atoms with van der Waals surface area (Å²) in [4.78, 5) is 41.8. The third-order valence-corrected chi connectivity index (χ3v) is 7.52. The molecule has 2 aromatic carbocycles. The number of aliphatic hydroxyl groups is 1. The second kappa shape index (κ2) is 17.4. The van der Waals surface area contributed by atoms with E-state index in [2.05, 4.69) is 16.0 Å². The van der Waals surface area contributed by atoms with Gasteiger partial charge in [0.1, 0.15) is 24.4 Å². The number of urea groups is 1. The molecule has 4 amide bonds. The van der Waals surface area contributed by atoms with Crippen molar-refractivity contribution in [3.63, 3.8) is 0 Å². The van der Waals surface area contributed by atoms with E-state index in [-0.39, 0.29) is 30.9 Å². The van der Waals surface area contributed by atoms with Crippen LogP contribution in [0.15, 0.2) is 54.6 Å². The Labute approximate surface area is 250 Å². The number of amides is 4. The minimum atomic E-state index is -0.890. The van der Waals surface area contributed by atoms with Crippen LogP contribution in [0.1, 0.15) is 70.4 Å². The van der Waals surface area contributed by atoms with E-state index < -0.39 is 24.0 Å². The van der Waals surface area contributed by atoms with Crippen LogP contribution in [0, 0.1) is 5.92 Å². The van der Waals surface area contributed by atoms with Crippen LogP contribution in [0.25, 0.3) is 0 Å². The molecule has 9 heteroatoms. The highest BCUT2D eigenvalue weighted by atomic mass is 16.5. The van der Waals surface area contributed by atoms with Gasteiger partial charge in [-0.05, 0) is 54.9 Å². The highest BCUT2D eigenvalue weighted by Crippen LogP contribution is 2.16. The van der Waals surface area contributed by atoms with Crippen molar-refractivity contribution in [2.75, 3.05) is 19.7 Å². The number of ether oxygens (including phenoxy) is 1. The van der Waals surface area contributed by atoms with E-state index in [1.165, 1.54) is 0 Å². The molecule has 1 fully saturated rings. The molecule has 0 spiro atoms. The second-order valence-corrected chi connectivity index (χ2v) is 11.5. The third-order valence-electron chi connectivity index (χ3n) is 7.52. The van der Waals surface area contributed by atoms with E-state index in [0.29, 0.717) is 38.3 Å². The Morgan fingerprint density at radius 2 is 1.48 bits per heavy atom. The summed E-state index contributed by atoms with van der Waals surface area (Å²) in [6.45, 7) is 7.47. The Balaban J connectivity index is 1.71. The molecular weight excluding hydrogens is 532 g/mol. The summed E-state index contributed by atoms with van der Waals surface area (Å²) in [7, 11) is 0.